The van der Waals surface area contributed by atoms with Crippen LogP contribution in [-0.4, -0.2) is 60.5 Å². The van der Waals surface area contributed by atoms with Gasteiger partial charge in [-0.3, -0.25) is 4.98 Å². The Morgan fingerprint density at radius 1 is 1.00 bits per heavy atom. The third-order valence-corrected chi connectivity index (χ3v) is 7.94. The van der Waals surface area contributed by atoms with Gasteiger partial charge in [0, 0.05) is 43.1 Å². The molecule has 1 fully saturated rings. The molecule has 3 aromatic rings. The van der Waals surface area contributed by atoms with Crippen LogP contribution in [-0.2, 0) is 21.2 Å². The maximum Gasteiger partial charge on any atom is 0.410 e. The maximum atomic E-state index is 13.9. The van der Waals surface area contributed by atoms with Gasteiger partial charge in [-0.1, -0.05) is 31.2 Å². The zero-order valence-corrected chi connectivity index (χ0v) is 22.0. The van der Waals surface area contributed by atoms with Gasteiger partial charge in [0.2, 0.25) is 10.0 Å². The summed E-state index contributed by atoms with van der Waals surface area (Å²) in [7, 11) is -3.87. The number of ether oxygens (including phenoxy) is 2. The van der Waals surface area contributed by atoms with Crippen molar-refractivity contribution < 1.29 is 22.7 Å². The molecule has 1 aliphatic rings. The normalized spacial score (nSPS) is 15.5. The molecule has 2 heterocycles. The van der Waals surface area contributed by atoms with Crippen molar-refractivity contribution in [2.75, 3.05) is 26.2 Å². The summed E-state index contributed by atoms with van der Waals surface area (Å²) in [5.74, 6) is 0.984. The lowest BCUT2D eigenvalue weighted by Gasteiger charge is -2.26. The number of carbonyl (C=O) groups excluding carboxylic acids is 1. The lowest BCUT2D eigenvalue weighted by molar-refractivity contribution is 0.0260. The van der Waals surface area contributed by atoms with Crippen LogP contribution in [0.5, 0.6) is 11.5 Å². The second-order valence-corrected chi connectivity index (χ2v) is 11.7. The Bertz CT molecular complexity index is 1330. The van der Waals surface area contributed by atoms with E-state index in [0.717, 1.165) is 6.42 Å². The zero-order valence-electron chi connectivity index (χ0n) is 21.2. The van der Waals surface area contributed by atoms with Crippen LogP contribution < -0.4 is 4.74 Å². The van der Waals surface area contributed by atoms with Gasteiger partial charge in [0.25, 0.3) is 0 Å². The number of amides is 1. The Morgan fingerprint density at radius 3 is 2.44 bits per heavy atom. The first-order valence-electron chi connectivity index (χ1n) is 12.2. The van der Waals surface area contributed by atoms with Gasteiger partial charge in [-0.25, -0.2) is 13.2 Å². The predicted molar refractivity (Wildman–Crippen MR) is 139 cm³/mol. The molecular weight excluding hydrogens is 478 g/mol. The fraction of sp³-hybridized carbons (Fsp3) is 0.407. The minimum absolute atomic E-state index is 0.160. The van der Waals surface area contributed by atoms with E-state index in [1.165, 1.54) is 9.87 Å². The summed E-state index contributed by atoms with van der Waals surface area (Å²) < 4.78 is 40.8. The number of nitrogens with zero attached hydrogens (tertiary/aromatic N) is 3. The van der Waals surface area contributed by atoms with Crippen LogP contribution in [0.2, 0.25) is 0 Å². The molecule has 1 saturated heterocycles. The minimum atomic E-state index is -3.87. The average molecular weight is 512 g/mol. The standard InChI is InChI=1S/C27H33N3O5S/c1-5-20-10-12-22(13-11-20)34-23-19-28-18-21-8-6-9-24(25(21)23)36(32,33)30-15-7-14-29(16-17-30)26(31)35-27(2,3)4/h6,8-13,18-19H,5,7,14-17H2,1-4H3. The molecule has 0 N–H and O–H groups in total. The number of carbonyl (C=O) groups is 1. The number of hydrogen-bond acceptors (Lipinski definition) is 6. The van der Waals surface area contributed by atoms with Gasteiger partial charge in [-0.05, 0) is 57.4 Å². The van der Waals surface area contributed by atoms with Crippen LogP contribution in [0, 0.1) is 0 Å². The number of pyridine rings is 1. The van der Waals surface area contributed by atoms with E-state index < -0.39 is 21.7 Å². The Morgan fingerprint density at radius 2 is 1.75 bits per heavy atom. The number of aryl methyl sites for hydroxylation is 1. The van der Waals surface area contributed by atoms with Crippen molar-refractivity contribution >= 4 is 26.9 Å². The fourth-order valence-corrected chi connectivity index (χ4v) is 5.86. The van der Waals surface area contributed by atoms with E-state index in [2.05, 4.69) is 11.9 Å². The van der Waals surface area contributed by atoms with Crippen molar-refractivity contribution in [3.05, 3.63) is 60.4 Å². The number of hydrogen-bond donors (Lipinski definition) is 0. The summed E-state index contributed by atoms with van der Waals surface area (Å²) in [4.78, 5) is 18.5. The van der Waals surface area contributed by atoms with Crippen LogP contribution >= 0.6 is 0 Å². The molecule has 1 amide bonds. The second-order valence-electron chi connectivity index (χ2n) is 9.82. The number of aromatic nitrogens is 1. The third kappa shape index (κ3) is 5.79. The molecule has 8 nitrogen and oxygen atoms in total. The van der Waals surface area contributed by atoms with Gasteiger partial charge in [0.15, 0.2) is 5.75 Å². The molecule has 0 spiro atoms. The molecule has 0 aliphatic carbocycles. The van der Waals surface area contributed by atoms with E-state index in [1.54, 1.807) is 29.4 Å². The van der Waals surface area contributed by atoms with E-state index in [9.17, 15) is 13.2 Å². The molecule has 36 heavy (non-hydrogen) atoms. The molecule has 0 saturated carbocycles. The summed E-state index contributed by atoms with van der Waals surface area (Å²) in [5.41, 5.74) is 0.572. The van der Waals surface area contributed by atoms with Crippen molar-refractivity contribution in [1.82, 2.24) is 14.2 Å². The lowest BCUT2D eigenvalue weighted by Crippen LogP contribution is -2.40. The largest absolute Gasteiger partial charge is 0.455 e. The van der Waals surface area contributed by atoms with E-state index in [4.69, 9.17) is 9.47 Å². The van der Waals surface area contributed by atoms with E-state index in [0.29, 0.717) is 41.8 Å². The van der Waals surface area contributed by atoms with E-state index in [-0.39, 0.29) is 18.0 Å². The monoisotopic (exact) mass is 511 g/mol. The summed E-state index contributed by atoms with van der Waals surface area (Å²) in [6, 6.07) is 12.8. The van der Waals surface area contributed by atoms with Crippen LogP contribution in [0.15, 0.2) is 59.8 Å². The predicted octanol–water partition coefficient (Wildman–Crippen LogP) is 5.22. The van der Waals surface area contributed by atoms with Crippen LogP contribution in [0.1, 0.15) is 39.7 Å². The second kappa shape index (κ2) is 10.4. The quantitative estimate of drug-likeness (QED) is 0.467. The van der Waals surface area contributed by atoms with E-state index in [1.807, 2.05) is 51.1 Å². The summed E-state index contributed by atoms with van der Waals surface area (Å²) in [6.45, 7) is 8.69. The highest BCUT2D eigenvalue weighted by molar-refractivity contribution is 7.89. The van der Waals surface area contributed by atoms with Crippen molar-refractivity contribution in [2.45, 2.75) is 51.0 Å². The first-order chi connectivity index (χ1) is 17.1. The van der Waals surface area contributed by atoms with Crippen LogP contribution in [0.25, 0.3) is 10.8 Å². The molecule has 192 valence electrons. The SMILES string of the molecule is CCc1ccc(Oc2cncc3cccc(S(=O)(=O)N4CCCN(C(=O)OC(C)(C)C)CC4)c23)cc1. The molecule has 0 bridgehead atoms. The summed E-state index contributed by atoms with van der Waals surface area (Å²) in [6.07, 6.45) is 4.18. The molecular formula is C27H33N3O5S. The molecule has 0 atom stereocenters. The smallest absolute Gasteiger partial charge is 0.410 e. The Hall–Kier alpha value is -3.17. The molecule has 9 heteroatoms. The maximum absolute atomic E-state index is 13.9. The highest BCUT2D eigenvalue weighted by Gasteiger charge is 2.31. The van der Waals surface area contributed by atoms with Crippen molar-refractivity contribution in [1.29, 1.82) is 0 Å². The molecule has 2 aromatic carbocycles. The van der Waals surface area contributed by atoms with Crippen LogP contribution in [0.3, 0.4) is 0 Å². The topological polar surface area (TPSA) is 89.0 Å². The fourth-order valence-electron chi connectivity index (χ4n) is 4.16. The summed E-state index contributed by atoms with van der Waals surface area (Å²) >= 11 is 0. The molecule has 4 rings (SSSR count). The third-order valence-electron chi connectivity index (χ3n) is 5.99. The van der Waals surface area contributed by atoms with E-state index >= 15 is 0 Å². The van der Waals surface area contributed by atoms with Gasteiger partial charge in [0.1, 0.15) is 11.4 Å². The van der Waals surface area contributed by atoms with Crippen LogP contribution in [0.4, 0.5) is 4.79 Å². The molecule has 0 radical (unpaired) electrons. The lowest BCUT2D eigenvalue weighted by atomic mass is 10.1. The van der Waals surface area contributed by atoms with Gasteiger partial charge in [0.05, 0.1) is 11.1 Å². The van der Waals surface area contributed by atoms with Gasteiger partial charge >= 0.3 is 6.09 Å². The zero-order chi connectivity index (χ0) is 25.9. The Labute approximate surface area is 212 Å². The highest BCUT2D eigenvalue weighted by atomic mass is 32.2. The Balaban J connectivity index is 1.63. The first kappa shape index (κ1) is 25.9. The van der Waals surface area contributed by atoms with Crippen molar-refractivity contribution in [3.8, 4) is 11.5 Å². The minimum Gasteiger partial charge on any atom is -0.455 e. The highest BCUT2D eigenvalue weighted by Crippen LogP contribution is 2.35. The average Bonchev–Trinajstić information content (AvgIpc) is 3.10. The van der Waals surface area contributed by atoms with Gasteiger partial charge in [-0.15, -0.1) is 0 Å². The number of fused-ring (bicyclic) bond motifs is 1. The Kier molecular flexibility index (Phi) is 7.51. The van der Waals surface area contributed by atoms with Gasteiger partial charge in [-0.2, -0.15) is 4.31 Å². The number of rotatable bonds is 5. The molecule has 1 aromatic heterocycles. The van der Waals surface area contributed by atoms with Gasteiger partial charge < -0.3 is 14.4 Å². The molecule has 0 unspecified atom stereocenters. The summed E-state index contributed by atoms with van der Waals surface area (Å²) in [5, 5.41) is 1.16. The first-order valence-corrected chi connectivity index (χ1v) is 13.6. The van der Waals surface area contributed by atoms with Crippen molar-refractivity contribution in [2.24, 2.45) is 0 Å². The molecule has 1 aliphatic heterocycles. The number of benzene rings is 2. The van der Waals surface area contributed by atoms with Crippen molar-refractivity contribution in [3.63, 3.8) is 0 Å². The number of sulfonamides is 1.